The molecule has 0 radical (unpaired) electrons. The average molecular weight is 311 g/mol. The third kappa shape index (κ3) is 4.03. The number of aromatic nitrogens is 1. The Bertz CT molecular complexity index is 614. The zero-order chi connectivity index (χ0) is 14.4. The molecule has 2 aromatic rings. The van der Waals surface area contributed by atoms with E-state index in [1.54, 1.807) is 0 Å². The maximum absolute atomic E-state index is 12.2. The van der Waals surface area contributed by atoms with Gasteiger partial charge in [0.25, 0.3) is 0 Å². The lowest BCUT2D eigenvalue weighted by molar-refractivity contribution is 0.583. The van der Waals surface area contributed by atoms with Crippen LogP contribution in [0.4, 0.5) is 0 Å². The second-order valence-corrected chi connectivity index (χ2v) is 8.35. The summed E-state index contributed by atoms with van der Waals surface area (Å²) in [5.41, 5.74) is 0.777. The lowest BCUT2D eigenvalue weighted by Crippen LogP contribution is -2.06. The van der Waals surface area contributed by atoms with Crippen LogP contribution in [0, 0.1) is 0 Å². The van der Waals surface area contributed by atoms with Gasteiger partial charge in [-0.15, -0.1) is 11.3 Å². The highest BCUT2D eigenvalue weighted by atomic mass is 32.2. The molecule has 0 fully saturated rings. The number of para-hydroxylation sites is 1. The van der Waals surface area contributed by atoms with Gasteiger partial charge in [0.2, 0.25) is 14.2 Å². The van der Waals surface area contributed by atoms with Gasteiger partial charge < -0.3 is 0 Å². The molecule has 0 aliphatic carbocycles. The normalized spacial score (nSPS) is 12.1. The molecule has 5 heteroatoms. The van der Waals surface area contributed by atoms with Gasteiger partial charge in [0, 0.05) is 0 Å². The molecule has 0 amide bonds. The zero-order valence-electron chi connectivity index (χ0n) is 11.8. The van der Waals surface area contributed by atoms with Gasteiger partial charge in [0.15, 0.2) is 0 Å². The first-order valence-electron chi connectivity index (χ1n) is 7.22. The number of rotatable bonds is 8. The molecule has 0 saturated carbocycles. The van der Waals surface area contributed by atoms with E-state index >= 15 is 0 Å². The summed E-state index contributed by atoms with van der Waals surface area (Å²) in [5.74, 6) is 0.221. The fourth-order valence-corrected chi connectivity index (χ4v) is 4.86. The standard InChI is InChI=1S/C15H21NO2S2/c1-2-3-4-5-6-9-12-20(17,18)15-16-13-10-7-8-11-14(13)19-15/h7-8,10-11H,2-6,9,12H2,1H3. The number of thiazole rings is 1. The third-order valence-corrected chi connectivity index (χ3v) is 6.60. The van der Waals surface area contributed by atoms with E-state index in [0.717, 1.165) is 29.5 Å². The van der Waals surface area contributed by atoms with Crippen molar-refractivity contribution in [2.75, 3.05) is 5.75 Å². The highest BCUT2D eigenvalue weighted by molar-refractivity contribution is 7.93. The maximum Gasteiger partial charge on any atom is 0.210 e. The average Bonchev–Trinajstić information content (AvgIpc) is 2.87. The minimum Gasteiger partial charge on any atom is -0.225 e. The highest BCUT2D eigenvalue weighted by Crippen LogP contribution is 2.26. The summed E-state index contributed by atoms with van der Waals surface area (Å²) >= 11 is 1.28. The van der Waals surface area contributed by atoms with Crippen molar-refractivity contribution in [1.82, 2.24) is 4.98 Å². The van der Waals surface area contributed by atoms with E-state index in [1.165, 1.54) is 30.6 Å². The number of hydrogen-bond acceptors (Lipinski definition) is 4. The first-order chi connectivity index (χ1) is 9.63. The Labute approximate surface area is 125 Å². The van der Waals surface area contributed by atoms with E-state index in [1.807, 2.05) is 24.3 Å². The predicted octanol–water partition coefficient (Wildman–Crippen LogP) is 4.43. The molecule has 110 valence electrons. The molecule has 0 unspecified atom stereocenters. The number of sulfone groups is 1. The molecule has 0 aliphatic rings. The molecule has 0 atom stereocenters. The quantitative estimate of drug-likeness (QED) is 0.677. The fourth-order valence-electron chi connectivity index (χ4n) is 2.14. The van der Waals surface area contributed by atoms with E-state index in [9.17, 15) is 8.42 Å². The van der Waals surface area contributed by atoms with E-state index in [0.29, 0.717) is 0 Å². The van der Waals surface area contributed by atoms with Crippen LogP contribution in [0.5, 0.6) is 0 Å². The van der Waals surface area contributed by atoms with Gasteiger partial charge in [-0.3, -0.25) is 0 Å². The summed E-state index contributed by atoms with van der Waals surface area (Å²) in [7, 11) is -3.21. The van der Waals surface area contributed by atoms with Crippen molar-refractivity contribution >= 4 is 31.4 Å². The van der Waals surface area contributed by atoms with Crippen LogP contribution in [-0.4, -0.2) is 19.2 Å². The number of hydrogen-bond donors (Lipinski definition) is 0. The molecule has 0 spiro atoms. The number of nitrogens with zero attached hydrogens (tertiary/aromatic N) is 1. The van der Waals surface area contributed by atoms with E-state index in [-0.39, 0.29) is 10.1 Å². The molecule has 1 aromatic heterocycles. The van der Waals surface area contributed by atoms with Crippen molar-refractivity contribution in [3.05, 3.63) is 24.3 Å². The fraction of sp³-hybridized carbons (Fsp3) is 0.533. The van der Waals surface area contributed by atoms with Gasteiger partial charge in [0.05, 0.1) is 16.0 Å². The summed E-state index contributed by atoms with van der Waals surface area (Å²) in [6.45, 7) is 2.18. The molecular weight excluding hydrogens is 290 g/mol. The molecular formula is C15H21NO2S2. The van der Waals surface area contributed by atoms with Crippen LogP contribution in [0.3, 0.4) is 0 Å². The van der Waals surface area contributed by atoms with Crippen LogP contribution in [0.2, 0.25) is 0 Å². The van der Waals surface area contributed by atoms with Crippen LogP contribution in [-0.2, 0) is 9.84 Å². The Hall–Kier alpha value is -0.940. The van der Waals surface area contributed by atoms with Gasteiger partial charge >= 0.3 is 0 Å². The van der Waals surface area contributed by atoms with Gasteiger partial charge in [0.1, 0.15) is 0 Å². The molecule has 0 N–H and O–H groups in total. The zero-order valence-corrected chi connectivity index (χ0v) is 13.5. The van der Waals surface area contributed by atoms with E-state index in [4.69, 9.17) is 0 Å². The SMILES string of the molecule is CCCCCCCCS(=O)(=O)c1nc2ccccc2s1. The van der Waals surface area contributed by atoms with Gasteiger partial charge in [-0.2, -0.15) is 0 Å². The number of fused-ring (bicyclic) bond motifs is 1. The van der Waals surface area contributed by atoms with Crippen molar-refractivity contribution < 1.29 is 8.42 Å². The smallest absolute Gasteiger partial charge is 0.210 e. The lowest BCUT2D eigenvalue weighted by atomic mass is 10.1. The predicted molar refractivity (Wildman–Crippen MR) is 85.0 cm³/mol. The Kier molecular flexibility index (Phi) is 5.54. The lowest BCUT2D eigenvalue weighted by Gasteiger charge is -2.01. The Morgan fingerprint density at radius 1 is 1.05 bits per heavy atom. The first-order valence-corrected chi connectivity index (χ1v) is 9.68. The monoisotopic (exact) mass is 311 g/mol. The van der Waals surface area contributed by atoms with Crippen LogP contribution in [0.15, 0.2) is 28.6 Å². The largest absolute Gasteiger partial charge is 0.225 e. The molecule has 0 aliphatic heterocycles. The second-order valence-electron chi connectivity index (χ2n) is 5.03. The van der Waals surface area contributed by atoms with Crippen molar-refractivity contribution in [1.29, 1.82) is 0 Å². The van der Waals surface area contributed by atoms with E-state index < -0.39 is 9.84 Å². The van der Waals surface area contributed by atoms with Crippen LogP contribution in [0.25, 0.3) is 10.2 Å². The van der Waals surface area contributed by atoms with Crippen molar-refractivity contribution in [2.45, 2.75) is 49.8 Å². The molecule has 1 heterocycles. The maximum atomic E-state index is 12.2. The third-order valence-electron chi connectivity index (χ3n) is 3.31. The number of benzene rings is 1. The minimum absolute atomic E-state index is 0.221. The Morgan fingerprint density at radius 3 is 2.50 bits per heavy atom. The second kappa shape index (κ2) is 7.18. The summed E-state index contributed by atoms with van der Waals surface area (Å²) < 4.78 is 25.7. The van der Waals surface area contributed by atoms with Crippen LogP contribution < -0.4 is 0 Å². The first kappa shape index (κ1) is 15.4. The van der Waals surface area contributed by atoms with Gasteiger partial charge in [-0.25, -0.2) is 13.4 Å². The van der Waals surface area contributed by atoms with Crippen molar-refractivity contribution in [3.63, 3.8) is 0 Å². The molecule has 0 bridgehead atoms. The van der Waals surface area contributed by atoms with Crippen LogP contribution >= 0.6 is 11.3 Å². The molecule has 20 heavy (non-hydrogen) atoms. The number of unbranched alkanes of at least 4 members (excludes halogenated alkanes) is 5. The Morgan fingerprint density at radius 2 is 1.75 bits per heavy atom. The highest BCUT2D eigenvalue weighted by Gasteiger charge is 2.18. The topological polar surface area (TPSA) is 47.0 Å². The van der Waals surface area contributed by atoms with E-state index in [2.05, 4.69) is 11.9 Å². The molecule has 3 nitrogen and oxygen atoms in total. The minimum atomic E-state index is -3.21. The van der Waals surface area contributed by atoms with Crippen molar-refractivity contribution in [2.24, 2.45) is 0 Å². The summed E-state index contributed by atoms with van der Waals surface area (Å²) in [6.07, 6.45) is 6.52. The van der Waals surface area contributed by atoms with Gasteiger partial charge in [-0.1, -0.05) is 51.2 Å². The summed E-state index contributed by atoms with van der Waals surface area (Å²) in [4.78, 5) is 4.24. The molecule has 1 aromatic carbocycles. The Balaban J connectivity index is 1.93. The molecule has 2 rings (SSSR count). The van der Waals surface area contributed by atoms with Crippen LogP contribution in [0.1, 0.15) is 45.4 Å². The van der Waals surface area contributed by atoms with Gasteiger partial charge in [-0.05, 0) is 18.6 Å². The summed E-state index contributed by atoms with van der Waals surface area (Å²) in [6, 6.07) is 7.56. The van der Waals surface area contributed by atoms with Crippen molar-refractivity contribution in [3.8, 4) is 0 Å². The molecule has 0 saturated heterocycles. The summed E-state index contributed by atoms with van der Waals surface area (Å²) in [5, 5.41) is 0.